The molecule has 1 aromatic rings. The Hall–Kier alpha value is -1.43. The van der Waals surface area contributed by atoms with Crippen molar-refractivity contribution < 1.29 is 23.7 Å². The van der Waals surface area contributed by atoms with Crippen LogP contribution in [0.4, 0.5) is 0 Å². The van der Waals surface area contributed by atoms with Crippen LogP contribution in [0.2, 0.25) is 0 Å². The quantitative estimate of drug-likeness (QED) is 0.484. The zero-order valence-electron chi connectivity index (χ0n) is 18.7. The van der Waals surface area contributed by atoms with Crippen molar-refractivity contribution in [2.45, 2.75) is 60.7 Å². The van der Waals surface area contributed by atoms with Crippen molar-refractivity contribution >= 4 is 5.97 Å². The average molecular weight is 395 g/mol. The molecule has 0 saturated carbocycles. The predicted octanol–water partition coefficient (Wildman–Crippen LogP) is 4.63. The Morgan fingerprint density at radius 1 is 0.750 bits per heavy atom. The molecule has 0 radical (unpaired) electrons. The SMILES string of the molecule is CC(C)(COCC(=O)OC(C)(C)C)COCC(C)(C)COCc1ccccc1. The molecule has 0 atom stereocenters. The van der Waals surface area contributed by atoms with Crippen LogP contribution in [0.25, 0.3) is 0 Å². The summed E-state index contributed by atoms with van der Waals surface area (Å²) >= 11 is 0. The molecule has 5 nitrogen and oxygen atoms in total. The fourth-order valence-electron chi connectivity index (χ4n) is 2.49. The van der Waals surface area contributed by atoms with Gasteiger partial charge in [-0.15, -0.1) is 0 Å². The number of benzene rings is 1. The maximum absolute atomic E-state index is 11.7. The first-order valence-electron chi connectivity index (χ1n) is 9.88. The van der Waals surface area contributed by atoms with E-state index in [1.54, 1.807) is 0 Å². The fourth-order valence-corrected chi connectivity index (χ4v) is 2.49. The Kier molecular flexibility index (Phi) is 9.61. The monoisotopic (exact) mass is 394 g/mol. The van der Waals surface area contributed by atoms with Gasteiger partial charge in [0.2, 0.25) is 0 Å². The predicted molar refractivity (Wildman–Crippen MR) is 111 cm³/mol. The lowest BCUT2D eigenvalue weighted by atomic mass is 9.94. The summed E-state index contributed by atoms with van der Waals surface area (Å²) in [5.74, 6) is -0.346. The highest BCUT2D eigenvalue weighted by molar-refractivity contribution is 5.71. The molecule has 0 aliphatic carbocycles. The van der Waals surface area contributed by atoms with Crippen LogP contribution in [0, 0.1) is 10.8 Å². The van der Waals surface area contributed by atoms with Crippen molar-refractivity contribution in [3.63, 3.8) is 0 Å². The average Bonchev–Trinajstić information content (AvgIpc) is 2.53. The zero-order chi connectivity index (χ0) is 21.3. The minimum atomic E-state index is -0.493. The van der Waals surface area contributed by atoms with Gasteiger partial charge in [0, 0.05) is 10.8 Å². The van der Waals surface area contributed by atoms with E-state index in [1.165, 1.54) is 5.56 Å². The van der Waals surface area contributed by atoms with Crippen LogP contribution < -0.4 is 0 Å². The highest BCUT2D eigenvalue weighted by Gasteiger charge is 2.24. The molecule has 0 aliphatic heterocycles. The second-order valence-electron chi connectivity index (χ2n) is 9.88. The van der Waals surface area contributed by atoms with Gasteiger partial charge in [0.15, 0.2) is 0 Å². The molecule has 0 bridgehead atoms. The van der Waals surface area contributed by atoms with E-state index in [-0.39, 0.29) is 23.4 Å². The lowest BCUT2D eigenvalue weighted by molar-refractivity contribution is -0.161. The van der Waals surface area contributed by atoms with Gasteiger partial charge in [0.05, 0.1) is 33.0 Å². The number of carbonyl (C=O) groups excluding carboxylic acids is 1. The molecule has 0 aromatic heterocycles. The normalized spacial score (nSPS) is 12.8. The summed E-state index contributed by atoms with van der Waals surface area (Å²) in [6.07, 6.45) is 0. The second-order valence-corrected chi connectivity index (χ2v) is 9.88. The van der Waals surface area contributed by atoms with Crippen molar-refractivity contribution in [2.75, 3.05) is 33.0 Å². The molecule has 160 valence electrons. The standard InChI is InChI=1S/C23H38O5/c1-21(2,3)28-20(24)14-26-16-23(6,7)18-27-17-22(4,5)15-25-13-19-11-9-8-10-12-19/h8-12H,13-18H2,1-7H3. The minimum Gasteiger partial charge on any atom is -0.458 e. The summed E-state index contributed by atoms with van der Waals surface area (Å²) in [5.41, 5.74) is 0.404. The highest BCUT2D eigenvalue weighted by atomic mass is 16.6. The van der Waals surface area contributed by atoms with Gasteiger partial charge in [0.25, 0.3) is 0 Å². The van der Waals surface area contributed by atoms with Gasteiger partial charge in [-0.2, -0.15) is 0 Å². The van der Waals surface area contributed by atoms with E-state index in [4.69, 9.17) is 18.9 Å². The van der Waals surface area contributed by atoms with Crippen LogP contribution in [0.1, 0.15) is 54.0 Å². The van der Waals surface area contributed by atoms with Gasteiger partial charge in [-0.05, 0) is 26.3 Å². The molecular weight excluding hydrogens is 356 g/mol. The summed E-state index contributed by atoms with van der Waals surface area (Å²) in [4.78, 5) is 11.7. The van der Waals surface area contributed by atoms with Gasteiger partial charge in [-0.1, -0.05) is 58.0 Å². The third-order valence-corrected chi connectivity index (χ3v) is 3.72. The fraction of sp³-hybridized carbons (Fsp3) is 0.696. The second kappa shape index (κ2) is 10.9. The first kappa shape index (κ1) is 24.6. The molecule has 1 rings (SSSR count). The largest absolute Gasteiger partial charge is 0.458 e. The number of hydrogen-bond donors (Lipinski definition) is 0. The van der Waals surface area contributed by atoms with E-state index in [9.17, 15) is 4.79 Å². The van der Waals surface area contributed by atoms with Gasteiger partial charge in [-0.3, -0.25) is 0 Å². The smallest absolute Gasteiger partial charge is 0.332 e. The third kappa shape index (κ3) is 12.1. The molecule has 0 N–H and O–H groups in total. The summed E-state index contributed by atoms with van der Waals surface area (Å²) in [6.45, 7) is 16.6. The Morgan fingerprint density at radius 3 is 1.79 bits per heavy atom. The molecule has 0 spiro atoms. The van der Waals surface area contributed by atoms with Crippen LogP contribution in [0.15, 0.2) is 30.3 Å². The van der Waals surface area contributed by atoms with Crippen molar-refractivity contribution in [1.29, 1.82) is 0 Å². The lowest BCUT2D eigenvalue weighted by Crippen LogP contribution is -2.32. The van der Waals surface area contributed by atoms with Gasteiger partial charge < -0.3 is 18.9 Å². The van der Waals surface area contributed by atoms with E-state index in [1.807, 2.05) is 39.0 Å². The van der Waals surface area contributed by atoms with Crippen LogP contribution in [-0.4, -0.2) is 44.6 Å². The van der Waals surface area contributed by atoms with E-state index in [2.05, 4.69) is 39.8 Å². The molecule has 0 amide bonds. The summed E-state index contributed by atoms with van der Waals surface area (Å²) in [7, 11) is 0. The maximum atomic E-state index is 11.7. The molecule has 0 unspecified atom stereocenters. The maximum Gasteiger partial charge on any atom is 0.332 e. The summed E-state index contributed by atoms with van der Waals surface area (Å²) in [5, 5.41) is 0. The molecule has 28 heavy (non-hydrogen) atoms. The summed E-state index contributed by atoms with van der Waals surface area (Å²) < 4.78 is 22.5. The van der Waals surface area contributed by atoms with Crippen molar-refractivity contribution in [3.05, 3.63) is 35.9 Å². The highest BCUT2D eigenvalue weighted by Crippen LogP contribution is 2.21. The first-order valence-corrected chi connectivity index (χ1v) is 9.88. The molecule has 0 saturated heterocycles. The van der Waals surface area contributed by atoms with Crippen molar-refractivity contribution in [1.82, 2.24) is 0 Å². The molecular formula is C23H38O5. The Morgan fingerprint density at radius 2 is 1.25 bits per heavy atom. The van der Waals surface area contributed by atoms with Crippen molar-refractivity contribution in [3.8, 4) is 0 Å². The van der Waals surface area contributed by atoms with Gasteiger partial charge in [0.1, 0.15) is 12.2 Å². The topological polar surface area (TPSA) is 54.0 Å². The van der Waals surface area contributed by atoms with Crippen LogP contribution >= 0.6 is 0 Å². The minimum absolute atomic E-state index is 0.0421. The number of rotatable bonds is 12. The molecule has 0 heterocycles. The number of hydrogen-bond acceptors (Lipinski definition) is 5. The first-order chi connectivity index (χ1) is 12.9. The Bertz CT molecular complexity index is 572. The van der Waals surface area contributed by atoms with Crippen molar-refractivity contribution in [2.24, 2.45) is 10.8 Å². The van der Waals surface area contributed by atoms with Crippen LogP contribution in [0.5, 0.6) is 0 Å². The third-order valence-electron chi connectivity index (χ3n) is 3.72. The van der Waals surface area contributed by atoms with E-state index < -0.39 is 5.60 Å². The van der Waals surface area contributed by atoms with Gasteiger partial charge in [-0.25, -0.2) is 4.79 Å². The van der Waals surface area contributed by atoms with E-state index in [0.717, 1.165) is 0 Å². The zero-order valence-corrected chi connectivity index (χ0v) is 18.7. The Balaban J connectivity index is 2.23. The van der Waals surface area contributed by atoms with Crippen LogP contribution in [-0.2, 0) is 30.3 Å². The van der Waals surface area contributed by atoms with E-state index >= 15 is 0 Å². The number of ether oxygens (including phenoxy) is 4. The van der Waals surface area contributed by atoms with E-state index in [0.29, 0.717) is 33.0 Å². The van der Waals surface area contributed by atoms with Crippen LogP contribution in [0.3, 0.4) is 0 Å². The number of esters is 1. The Labute approximate surface area is 170 Å². The van der Waals surface area contributed by atoms with Gasteiger partial charge >= 0.3 is 5.97 Å². The molecule has 1 aromatic carbocycles. The molecule has 5 heteroatoms. The molecule has 0 fully saturated rings. The molecule has 0 aliphatic rings. The lowest BCUT2D eigenvalue weighted by Gasteiger charge is -2.29. The summed E-state index contributed by atoms with van der Waals surface area (Å²) in [6, 6.07) is 10.1. The number of carbonyl (C=O) groups is 1.